The molecule has 1 aromatic rings. The Bertz CT molecular complexity index is 761. The molecule has 1 spiro atoms. The molecule has 1 aliphatic carbocycles. The van der Waals surface area contributed by atoms with Crippen molar-refractivity contribution in [1.82, 2.24) is 4.90 Å². The Hall–Kier alpha value is -1.40. The van der Waals surface area contributed by atoms with E-state index in [2.05, 4.69) is 0 Å². The number of nitrogens with zero attached hydrogens (tertiary/aromatic N) is 1. The van der Waals surface area contributed by atoms with Gasteiger partial charge in [0.05, 0.1) is 12.4 Å². The average Bonchev–Trinajstić information content (AvgIpc) is 3.31. The van der Waals surface area contributed by atoms with E-state index < -0.39 is 14.6 Å². The minimum absolute atomic E-state index is 0.0123. The van der Waals surface area contributed by atoms with Crippen LogP contribution in [0.4, 0.5) is 0 Å². The number of amides is 1. The van der Waals surface area contributed by atoms with Crippen LogP contribution in [0.2, 0.25) is 0 Å². The van der Waals surface area contributed by atoms with Crippen LogP contribution < -0.4 is 0 Å². The van der Waals surface area contributed by atoms with Crippen LogP contribution in [0.25, 0.3) is 0 Å². The molecule has 2 saturated heterocycles. The molecular weight excluding hydrogens is 338 g/mol. The lowest BCUT2D eigenvalue weighted by molar-refractivity contribution is 0.0228. The molecule has 3 fully saturated rings. The predicted octanol–water partition coefficient (Wildman–Crippen LogP) is 2.05. The van der Waals surface area contributed by atoms with Gasteiger partial charge in [-0.1, -0.05) is 17.7 Å². The first-order chi connectivity index (χ1) is 11.9. The molecule has 136 valence electrons. The van der Waals surface area contributed by atoms with Crippen LogP contribution in [0, 0.1) is 18.8 Å². The van der Waals surface area contributed by atoms with Gasteiger partial charge in [-0.25, -0.2) is 8.42 Å². The summed E-state index contributed by atoms with van der Waals surface area (Å²) in [4.78, 5) is 14.3. The lowest BCUT2D eigenvalue weighted by atomic mass is 9.83. The number of likely N-dealkylation sites (tertiary alicyclic amines) is 1. The van der Waals surface area contributed by atoms with Crippen molar-refractivity contribution in [2.45, 2.75) is 30.9 Å². The van der Waals surface area contributed by atoms with E-state index >= 15 is 0 Å². The second-order valence-electron chi connectivity index (χ2n) is 7.88. The van der Waals surface area contributed by atoms with Gasteiger partial charge >= 0.3 is 0 Å². The van der Waals surface area contributed by atoms with E-state index in [9.17, 15) is 13.2 Å². The van der Waals surface area contributed by atoms with Crippen molar-refractivity contribution >= 4 is 15.7 Å². The van der Waals surface area contributed by atoms with Crippen molar-refractivity contribution in [2.24, 2.45) is 11.8 Å². The van der Waals surface area contributed by atoms with Crippen LogP contribution in [-0.2, 0) is 14.6 Å². The minimum Gasteiger partial charge on any atom is -0.381 e. The highest BCUT2D eigenvalue weighted by molar-refractivity contribution is 7.93. The standard InChI is InChI=1S/C19H25NO4S/c1-14-2-6-16(7-3-14)18(21)20-12-19(13-20)17(8-9-25(19,22)23)11-24-10-15-4-5-15/h2-3,6-7,15,17H,4-5,8-13H2,1H3/t17-/m1/s1. The second-order valence-corrected chi connectivity index (χ2v) is 10.3. The van der Waals surface area contributed by atoms with E-state index in [1.54, 1.807) is 4.90 Å². The summed E-state index contributed by atoms with van der Waals surface area (Å²) in [5.41, 5.74) is 1.72. The fourth-order valence-corrected chi connectivity index (χ4v) is 6.39. The van der Waals surface area contributed by atoms with Crippen molar-refractivity contribution in [3.63, 3.8) is 0 Å². The molecule has 0 unspecified atom stereocenters. The van der Waals surface area contributed by atoms with E-state index in [-0.39, 0.29) is 17.6 Å². The Morgan fingerprint density at radius 3 is 2.48 bits per heavy atom. The molecule has 3 aliphatic rings. The number of carbonyl (C=O) groups is 1. The smallest absolute Gasteiger partial charge is 0.253 e. The van der Waals surface area contributed by atoms with Crippen LogP contribution in [0.15, 0.2) is 24.3 Å². The van der Waals surface area contributed by atoms with Gasteiger partial charge in [-0.05, 0) is 44.2 Å². The third-order valence-electron chi connectivity index (χ3n) is 5.97. The highest BCUT2D eigenvalue weighted by Crippen LogP contribution is 2.45. The molecule has 0 N–H and O–H groups in total. The van der Waals surface area contributed by atoms with Gasteiger partial charge in [0, 0.05) is 31.2 Å². The summed E-state index contributed by atoms with van der Waals surface area (Å²) in [6.07, 6.45) is 3.11. The average molecular weight is 363 g/mol. The maximum atomic E-state index is 12.6. The lowest BCUT2D eigenvalue weighted by Crippen LogP contribution is -2.68. The number of hydrogen-bond donors (Lipinski definition) is 0. The summed E-state index contributed by atoms with van der Waals surface area (Å²) >= 11 is 0. The van der Waals surface area contributed by atoms with Crippen LogP contribution in [0.5, 0.6) is 0 Å². The van der Waals surface area contributed by atoms with E-state index in [0.29, 0.717) is 37.6 Å². The Morgan fingerprint density at radius 2 is 1.84 bits per heavy atom. The van der Waals surface area contributed by atoms with Crippen molar-refractivity contribution in [3.8, 4) is 0 Å². The third-order valence-corrected chi connectivity index (χ3v) is 8.57. The van der Waals surface area contributed by atoms with Gasteiger partial charge in [0.25, 0.3) is 5.91 Å². The Balaban J connectivity index is 1.43. The molecule has 2 aliphatic heterocycles. The fourth-order valence-electron chi connectivity index (χ4n) is 3.99. The number of carbonyl (C=O) groups excluding carboxylic acids is 1. The molecule has 5 nitrogen and oxygen atoms in total. The summed E-state index contributed by atoms with van der Waals surface area (Å²) < 4.78 is 30.3. The third kappa shape index (κ3) is 2.99. The topological polar surface area (TPSA) is 63.7 Å². The molecule has 4 rings (SSSR count). The zero-order valence-corrected chi connectivity index (χ0v) is 15.4. The van der Waals surface area contributed by atoms with Gasteiger partial charge in [-0.2, -0.15) is 0 Å². The first-order valence-electron chi connectivity index (χ1n) is 9.07. The van der Waals surface area contributed by atoms with Gasteiger partial charge in [0.1, 0.15) is 4.75 Å². The van der Waals surface area contributed by atoms with E-state index in [1.165, 1.54) is 12.8 Å². The fraction of sp³-hybridized carbons (Fsp3) is 0.632. The minimum atomic E-state index is -3.16. The molecule has 1 aromatic carbocycles. The summed E-state index contributed by atoms with van der Waals surface area (Å²) in [7, 11) is -3.16. The maximum absolute atomic E-state index is 12.6. The molecule has 25 heavy (non-hydrogen) atoms. The molecule has 0 aromatic heterocycles. The molecule has 1 amide bonds. The second kappa shape index (κ2) is 6.09. The quantitative estimate of drug-likeness (QED) is 0.803. The van der Waals surface area contributed by atoms with Crippen molar-refractivity contribution in [2.75, 3.05) is 32.1 Å². The molecule has 6 heteroatoms. The van der Waals surface area contributed by atoms with Crippen LogP contribution in [0.1, 0.15) is 35.2 Å². The SMILES string of the molecule is Cc1ccc(C(=O)N2CC3(C2)[C@@H](COCC2CC2)CCS3(=O)=O)cc1. The van der Waals surface area contributed by atoms with Crippen molar-refractivity contribution in [1.29, 1.82) is 0 Å². The lowest BCUT2D eigenvalue weighted by Gasteiger charge is -2.49. The molecule has 0 radical (unpaired) electrons. The Kier molecular flexibility index (Phi) is 4.15. The molecular formula is C19H25NO4S. The normalized spacial score (nSPS) is 26.6. The molecule has 1 saturated carbocycles. The van der Waals surface area contributed by atoms with E-state index in [1.807, 2.05) is 31.2 Å². The Labute approximate surface area is 149 Å². The number of rotatable bonds is 5. The molecule has 1 atom stereocenters. The first kappa shape index (κ1) is 17.0. The van der Waals surface area contributed by atoms with Gasteiger partial charge in [-0.15, -0.1) is 0 Å². The monoisotopic (exact) mass is 363 g/mol. The maximum Gasteiger partial charge on any atom is 0.253 e. The van der Waals surface area contributed by atoms with Crippen molar-refractivity contribution < 1.29 is 17.9 Å². The van der Waals surface area contributed by atoms with Crippen LogP contribution in [-0.4, -0.2) is 56.0 Å². The van der Waals surface area contributed by atoms with Gasteiger partial charge in [-0.3, -0.25) is 4.79 Å². The summed E-state index contributed by atoms with van der Waals surface area (Å²) in [5.74, 6) is 0.829. The molecule has 2 heterocycles. The number of benzene rings is 1. The summed E-state index contributed by atoms with van der Waals surface area (Å²) in [5, 5.41) is 0. The number of sulfone groups is 1. The van der Waals surface area contributed by atoms with Gasteiger partial charge in [0.15, 0.2) is 9.84 Å². The Morgan fingerprint density at radius 1 is 1.16 bits per heavy atom. The zero-order chi connectivity index (χ0) is 17.7. The largest absolute Gasteiger partial charge is 0.381 e. The molecule has 0 bridgehead atoms. The van der Waals surface area contributed by atoms with Gasteiger partial charge in [0.2, 0.25) is 0 Å². The van der Waals surface area contributed by atoms with Crippen molar-refractivity contribution in [3.05, 3.63) is 35.4 Å². The summed E-state index contributed by atoms with van der Waals surface area (Å²) in [6, 6.07) is 7.43. The highest BCUT2D eigenvalue weighted by Gasteiger charge is 2.62. The summed E-state index contributed by atoms with van der Waals surface area (Å²) in [6.45, 7) is 3.84. The number of ether oxygens (including phenoxy) is 1. The zero-order valence-electron chi connectivity index (χ0n) is 14.6. The van der Waals surface area contributed by atoms with E-state index in [4.69, 9.17) is 4.74 Å². The van der Waals surface area contributed by atoms with Crippen LogP contribution in [0.3, 0.4) is 0 Å². The first-order valence-corrected chi connectivity index (χ1v) is 10.7. The predicted molar refractivity (Wildman–Crippen MR) is 95.3 cm³/mol. The number of hydrogen-bond acceptors (Lipinski definition) is 4. The van der Waals surface area contributed by atoms with Crippen LogP contribution >= 0.6 is 0 Å². The highest BCUT2D eigenvalue weighted by atomic mass is 32.2. The number of aryl methyl sites for hydroxylation is 1. The van der Waals surface area contributed by atoms with Gasteiger partial charge < -0.3 is 9.64 Å². The van der Waals surface area contributed by atoms with E-state index in [0.717, 1.165) is 12.2 Å².